The van der Waals surface area contributed by atoms with Crippen molar-refractivity contribution in [2.24, 2.45) is 0 Å². The van der Waals surface area contributed by atoms with Crippen LogP contribution in [0.15, 0.2) is 18.2 Å². The molecule has 1 heterocycles. The smallest absolute Gasteiger partial charge is 0.308 e. The Morgan fingerprint density at radius 2 is 1.18 bits per heavy atom. The highest BCUT2D eigenvalue weighted by Crippen LogP contribution is 2.40. The fraction of sp³-hybridized carbons (Fsp3) is 0.500. The molecule has 1 fully saturated rings. The molecule has 1 aromatic rings. The van der Waals surface area contributed by atoms with Crippen LogP contribution < -0.4 is 14.2 Å². The van der Waals surface area contributed by atoms with E-state index in [9.17, 15) is 28.8 Å². The minimum atomic E-state index is -1.60. The second-order valence-electron chi connectivity index (χ2n) is 7.96. The molecule has 1 saturated heterocycles. The summed E-state index contributed by atoms with van der Waals surface area (Å²) in [5.41, 5.74) is 0. The molecule has 14 heteroatoms. The minimum Gasteiger partial charge on any atom is -0.463 e. The predicted molar refractivity (Wildman–Crippen MR) is 122 cm³/mol. The van der Waals surface area contributed by atoms with Gasteiger partial charge in [0.25, 0.3) is 0 Å². The zero-order valence-corrected chi connectivity index (χ0v) is 21.5. The molecule has 1 aliphatic heterocycles. The van der Waals surface area contributed by atoms with Gasteiger partial charge in [0.15, 0.2) is 23.7 Å². The van der Waals surface area contributed by atoms with E-state index < -0.39 is 73.1 Å². The van der Waals surface area contributed by atoms with Gasteiger partial charge in [-0.2, -0.15) is 0 Å². The van der Waals surface area contributed by atoms with Crippen LogP contribution in [0.25, 0.3) is 0 Å². The zero-order chi connectivity index (χ0) is 28.6. The second kappa shape index (κ2) is 13.4. The number of para-hydroxylation sites is 1. The summed E-state index contributed by atoms with van der Waals surface area (Å²) in [7, 11) is 0. The Bertz CT molecular complexity index is 1080. The van der Waals surface area contributed by atoms with Crippen LogP contribution in [0.1, 0.15) is 41.5 Å². The minimum absolute atomic E-state index is 0.171. The summed E-state index contributed by atoms with van der Waals surface area (Å²) in [6, 6.07) is 4.07. The van der Waals surface area contributed by atoms with Crippen molar-refractivity contribution >= 4 is 35.8 Å². The predicted octanol–water partition coefficient (Wildman–Crippen LogP) is 0.999. The van der Waals surface area contributed by atoms with E-state index in [0.717, 1.165) is 41.5 Å². The average Bonchev–Trinajstić information content (AvgIpc) is 2.77. The lowest BCUT2D eigenvalue weighted by atomic mass is 9.98. The van der Waals surface area contributed by atoms with Crippen LogP contribution in [-0.2, 0) is 52.5 Å². The lowest BCUT2D eigenvalue weighted by molar-refractivity contribution is -0.288. The van der Waals surface area contributed by atoms with Crippen LogP contribution in [0.3, 0.4) is 0 Å². The highest BCUT2D eigenvalue weighted by atomic mass is 16.7. The molecule has 5 atom stereocenters. The number of ether oxygens (including phenoxy) is 8. The molecule has 0 aliphatic carbocycles. The fourth-order valence-corrected chi connectivity index (χ4v) is 3.48. The van der Waals surface area contributed by atoms with Gasteiger partial charge in [-0.1, -0.05) is 6.07 Å². The molecule has 0 amide bonds. The van der Waals surface area contributed by atoms with Gasteiger partial charge in [0, 0.05) is 41.5 Å². The number of carbonyl (C=O) groups is 6. The van der Waals surface area contributed by atoms with Crippen LogP contribution >= 0.6 is 0 Å². The largest absolute Gasteiger partial charge is 0.463 e. The van der Waals surface area contributed by atoms with Gasteiger partial charge in [0.1, 0.15) is 12.7 Å². The SMILES string of the molecule is CC(=O)OC[C@H]1O[C@@H](Oc2cccc(OC(C)=O)c2OC(C)=O)[C@H](OC(C)=O)[C@@H](OC(C)=O)[C@@H]1OC(C)=O. The molecule has 0 aromatic heterocycles. The van der Waals surface area contributed by atoms with Gasteiger partial charge in [0.2, 0.25) is 18.1 Å². The third-order valence-electron chi connectivity index (χ3n) is 4.63. The fourth-order valence-electron chi connectivity index (χ4n) is 3.48. The first-order valence-corrected chi connectivity index (χ1v) is 11.3. The van der Waals surface area contributed by atoms with E-state index >= 15 is 0 Å². The molecule has 0 saturated carbocycles. The van der Waals surface area contributed by atoms with Crippen molar-refractivity contribution in [3.05, 3.63) is 18.2 Å². The summed E-state index contributed by atoms with van der Waals surface area (Å²) in [5.74, 6) is -5.31. The van der Waals surface area contributed by atoms with Crippen molar-refractivity contribution in [2.45, 2.75) is 72.2 Å². The first-order chi connectivity index (χ1) is 17.8. The van der Waals surface area contributed by atoms with Crippen molar-refractivity contribution in [3.8, 4) is 17.2 Å². The first-order valence-electron chi connectivity index (χ1n) is 11.3. The first kappa shape index (κ1) is 30.0. The van der Waals surface area contributed by atoms with E-state index in [4.69, 9.17) is 37.9 Å². The molecular formula is C24H28O14. The van der Waals surface area contributed by atoms with Crippen LogP contribution in [-0.4, -0.2) is 73.1 Å². The van der Waals surface area contributed by atoms with E-state index in [1.165, 1.54) is 18.2 Å². The van der Waals surface area contributed by atoms with Gasteiger partial charge < -0.3 is 37.9 Å². The maximum atomic E-state index is 12.0. The molecule has 38 heavy (non-hydrogen) atoms. The Kier molecular flexibility index (Phi) is 10.6. The van der Waals surface area contributed by atoms with Crippen LogP contribution in [0.2, 0.25) is 0 Å². The molecule has 1 aromatic carbocycles. The summed E-state index contributed by atoms with van der Waals surface area (Å²) in [6.45, 7) is 6.12. The number of hydrogen-bond donors (Lipinski definition) is 0. The normalized spacial score (nSPS) is 22.3. The third-order valence-corrected chi connectivity index (χ3v) is 4.63. The molecule has 0 bridgehead atoms. The van der Waals surface area contributed by atoms with Crippen molar-refractivity contribution in [1.29, 1.82) is 0 Å². The highest BCUT2D eigenvalue weighted by molar-refractivity contribution is 5.75. The van der Waals surface area contributed by atoms with Gasteiger partial charge >= 0.3 is 35.8 Å². The number of benzene rings is 1. The van der Waals surface area contributed by atoms with Gasteiger partial charge in [-0.3, -0.25) is 28.8 Å². The lowest BCUT2D eigenvalue weighted by Crippen LogP contribution is -2.63. The van der Waals surface area contributed by atoms with Crippen molar-refractivity contribution < 1.29 is 66.7 Å². The quantitative estimate of drug-likeness (QED) is 0.246. The molecule has 0 N–H and O–H groups in total. The summed E-state index contributed by atoms with van der Waals surface area (Å²) in [5, 5.41) is 0. The molecule has 2 rings (SSSR count). The van der Waals surface area contributed by atoms with Crippen molar-refractivity contribution in [2.75, 3.05) is 6.61 Å². The van der Waals surface area contributed by atoms with Gasteiger partial charge in [-0.25, -0.2) is 0 Å². The van der Waals surface area contributed by atoms with E-state index in [-0.39, 0.29) is 17.2 Å². The van der Waals surface area contributed by atoms with Gasteiger partial charge in [0.05, 0.1) is 0 Å². The van der Waals surface area contributed by atoms with E-state index in [2.05, 4.69) is 0 Å². The maximum Gasteiger partial charge on any atom is 0.308 e. The van der Waals surface area contributed by atoms with Crippen LogP contribution in [0.4, 0.5) is 0 Å². The molecule has 208 valence electrons. The van der Waals surface area contributed by atoms with Crippen LogP contribution in [0, 0.1) is 0 Å². The summed E-state index contributed by atoms with van der Waals surface area (Å²) in [6.07, 6.45) is -7.26. The summed E-state index contributed by atoms with van der Waals surface area (Å²) < 4.78 is 43.0. The topological polar surface area (TPSA) is 176 Å². The summed E-state index contributed by atoms with van der Waals surface area (Å²) >= 11 is 0. The molecule has 0 spiro atoms. The van der Waals surface area contributed by atoms with E-state index in [1.807, 2.05) is 0 Å². The molecule has 14 nitrogen and oxygen atoms in total. The maximum absolute atomic E-state index is 12.0. The van der Waals surface area contributed by atoms with Crippen molar-refractivity contribution in [1.82, 2.24) is 0 Å². The number of esters is 6. The number of rotatable bonds is 9. The Labute approximate surface area is 217 Å². The van der Waals surface area contributed by atoms with E-state index in [0.29, 0.717) is 0 Å². The average molecular weight is 540 g/mol. The Morgan fingerprint density at radius 3 is 1.71 bits per heavy atom. The highest BCUT2D eigenvalue weighted by Gasteiger charge is 2.53. The summed E-state index contributed by atoms with van der Waals surface area (Å²) in [4.78, 5) is 70.6. The van der Waals surface area contributed by atoms with Crippen molar-refractivity contribution in [3.63, 3.8) is 0 Å². The van der Waals surface area contributed by atoms with Gasteiger partial charge in [-0.05, 0) is 12.1 Å². The zero-order valence-electron chi connectivity index (χ0n) is 21.5. The Balaban J connectivity index is 2.60. The molecular weight excluding hydrogens is 512 g/mol. The Morgan fingerprint density at radius 1 is 0.658 bits per heavy atom. The van der Waals surface area contributed by atoms with Gasteiger partial charge in [-0.15, -0.1) is 0 Å². The Hall–Kier alpha value is -4.20. The molecule has 1 aliphatic rings. The van der Waals surface area contributed by atoms with E-state index in [1.54, 1.807) is 0 Å². The molecule has 0 radical (unpaired) electrons. The standard InChI is InChI=1S/C24H28O14/c1-11(25)31-10-19-21(34-14(4)28)22(35-15(5)29)23(36-16(6)30)24(38-19)37-18-9-7-8-17(32-12(2)26)20(18)33-13(3)27/h7-9,19,21-24H,10H2,1-6H3/t19-,21-,22+,23-,24-/m1/s1. The number of hydrogen-bond acceptors (Lipinski definition) is 14. The lowest BCUT2D eigenvalue weighted by Gasteiger charge is -2.44. The third kappa shape index (κ3) is 8.73. The van der Waals surface area contributed by atoms with Crippen LogP contribution in [0.5, 0.6) is 17.2 Å². The second-order valence-corrected chi connectivity index (χ2v) is 7.96. The molecule has 0 unspecified atom stereocenters. The number of carbonyl (C=O) groups excluding carboxylic acids is 6. The monoisotopic (exact) mass is 540 g/mol.